The molecule has 10 nitrogen and oxygen atoms in total. The van der Waals surface area contributed by atoms with Crippen LogP contribution < -0.4 is 20.9 Å². The van der Waals surface area contributed by atoms with E-state index in [1.165, 1.54) is 11.9 Å². The summed E-state index contributed by atoms with van der Waals surface area (Å²) < 4.78 is 5.43. The number of rotatable bonds is 5. The predicted molar refractivity (Wildman–Crippen MR) is 117 cm³/mol. The summed E-state index contributed by atoms with van der Waals surface area (Å²) in [5.74, 6) is -1.31. The molecule has 5 N–H and O–H groups in total. The third kappa shape index (κ3) is 4.05. The number of aliphatic hydroxyl groups excluding tert-OH is 1. The smallest absolute Gasteiger partial charge is 0.259 e. The number of benzene rings is 2. The molecule has 2 aromatic rings. The molecule has 0 unspecified atom stereocenters. The molecule has 10 heteroatoms. The van der Waals surface area contributed by atoms with Gasteiger partial charge in [-0.05, 0) is 42.0 Å². The molecule has 4 rings (SSSR count). The second-order valence-corrected chi connectivity index (χ2v) is 7.45. The largest absolute Gasteiger partial charge is 0.380 e. The third-order valence-corrected chi connectivity index (χ3v) is 5.42. The average molecular weight is 437 g/mol. The number of carbonyl (C=O) groups is 3. The maximum absolute atomic E-state index is 13.0. The monoisotopic (exact) mass is 437 g/mol. The van der Waals surface area contributed by atoms with E-state index in [1.54, 1.807) is 42.5 Å². The van der Waals surface area contributed by atoms with Crippen molar-refractivity contribution in [3.63, 3.8) is 0 Å². The lowest BCUT2D eigenvalue weighted by Crippen LogP contribution is -2.55. The van der Waals surface area contributed by atoms with E-state index in [9.17, 15) is 19.5 Å². The van der Waals surface area contributed by atoms with E-state index in [-0.39, 0.29) is 19.1 Å². The first kappa shape index (κ1) is 21.5. The Labute approximate surface area is 184 Å². The molecule has 166 valence electrons. The lowest BCUT2D eigenvalue weighted by molar-refractivity contribution is -0.150. The van der Waals surface area contributed by atoms with Crippen molar-refractivity contribution in [1.29, 1.82) is 5.41 Å². The second-order valence-electron chi connectivity index (χ2n) is 7.45. The van der Waals surface area contributed by atoms with Gasteiger partial charge < -0.3 is 30.7 Å². The number of aliphatic hydroxyl groups is 1. The van der Waals surface area contributed by atoms with Crippen LogP contribution in [0.15, 0.2) is 42.5 Å². The molecule has 1 saturated heterocycles. The Morgan fingerprint density at radius 3 is 2.88 bits per heavy atom. The highest BCUT2D eigenvalue weighted by atomic mass is 16.5. The Hall–Kier alpha value is -3.76. The van der Waals surface area contributed by atoms with Crippen molar-refractivity contribution in [3.05, 3.63) is 59.2 Å². The van der Waals surface area contributed by atoms with Crippen molar-refractivity contribution in [2.24, 2.45) is 0 Å². The van der Waals surface area contributed by atoms with Gasteiger partial charge in [-0.15, -0.1) is 0 Å². The number of morpholine rings is 1. The number of hydrogen-bond donors (Lipinski definition) is 5. The molecule has 2 aliphatic heterocycles. The molecule has 32 heavy (non-hydrogen) atoms. The fourth-order valence-corrected chi connectivity index (χ4v) is 3.74. The Balaban J connectivity index is 1.47. The van der Waals surface area contributed by atoms with Crippen LogP contribution in [0.4, 0.5) is 11.4 Å². The topological polar surface area (TPSA) is 144 Å². The number of fused-ring (bicyclic) bond motifs is 1. The summed E-state index contributed by atoms with van der Waals surface area (Å²) in [5, 5.41) is 26.4. The van der Waals surface area contributed by atoms with Crippen LogP contribution >= 0.6 is 0 Å². The highest BCUT2D eigenvalue weighted by Gasteiger charge is 2.39. The van der Waals surface area contributed by atoms with Crippen LogP contribution in [0.5, 0.6) is 0 Å². The molecule has 3 amide bonds. The van der Waals surface area contributed by atoms with Gasteiger partial charge in [0.15, 0.2) is 12.2 Å². The number of carbonyl (C=O) groups excluding carboxylic acids is 3. The SMILES string of the molecule is CNC(=O)c1cccc(N2CCO[C@H]([C@@H](O)C(=O)Nc3ccc4c(c3)CNC4=N)C2=O)c1. The molecule has 2 atom stereocenters. The van der Waals surface area contributed by atoms with Crippen LogP contribution in [-0.4, -0.2) is 61.1 Å². The fourth-order valence-electron chi connectivity index (χ4n) is 3.74. The molecular formula is C22H23N5O5. The van der Waals surface area contributed by atoms with Crippen molar-refractivity contribution in [3.8, 4) is 0 Å². The van der Waals surface area contributed by atoms with Gasteiger partial charge in [0.1, 0.15) is 5.84 Å². The molecule has 0 aliphatic carbocycles. The normalized spacial score (nSPS) is 18.6. The van der Waals surface area contributed by atoms with Gasteiger partial charge in [0.05, 0.1) is 6.61 Å². The van der Waals surface area contributed by atoms with E-state index in [1.807, 2.05) is 0 Å². The van der Waals surface area contributed by atoms with Crippen LogP contribution in [0.1, 0.15) is 21.5 Å². The lowest BCUT2D eigenvalue weighted by atomic mass is 10.1. The van der Waals surface area contributed by atoms with Crippen molar-refractivity contribution in [1.82, 2.24) is 10.6 Å². The first-order chi connectivity index (χ1) is 15.4. The van der Waals surface area contributed by atoms with E-state index in [0.717, 1.165) is 11.1 Å². The number of amides is 3. The fraction of sp³-hybridized carbons (Fsp3) is 0.273. The summed E-state index contributed by atoms with van der Waals surface area (Å²) in [7, 11) is 1.52. The van der Waals surface area contributed by atoms with Crippen molar-refractivity contribution >= 4 is 34.9 Å². The van der Waals surface area contributed by atoms with Gasteiger partial charge in [-0.25, -0.2) is 0 Å². The molecule has 2 aromatic carbocycles. The number of nitrogens with one attached hydrogen (secondary N) is 4. The molecule has 2 heterocycles. The quantitative estimate of drug-likeness (QED) is 0.452. The molecular weight excluding hydrogens is 414 g/mol. The maximum Gasteiger partial charge on any atom is 0.259 e. The molecule has 0 aromatic heterocycles. The third-order valence-electron chi connectivity index (χ3n) is 5.42. The summed E-state index contributed by atoms with van der Waals surface area (Å²) in [5.41, 5.74) is 2.92. The lowest BCUT2D eigenvalue weighted by Gasteiger charge is -2.34. The zero-order valence-corrected chi connectivity index (χ0v) is 17.3. The van der Waals surface area contributed by atoms with Gasteiger partial charge in [0.2, 0.25) is 0 Å². The zero-order chi connectivity index (χ0) is 22.8. The van der Waals surface area contributed by atoms with E-state index < -0.39 is 24.0 Å². The zero-order valence-electron chi connectivity index (χ0n) is 17.3. The second kappa shape index (κ2) is 8.77. The minimum atomic E-state index is -1.72. The number of hydrogen-bond acceptors (Lipinski definition) is 6. The van der Waals surface area contributed by atoms with E-state index in [0.29, 0.717) is 29.3 Å². The van der Waals surface area contributed by atoms with Crippen LogP contribution in [0.3, 0.4) is 0 Å². The van der Waals surface area contributed by atoms with Gasteiger partial charge in [0.25, 0.3) is 17.7 Å². The number of nitrogens with zero attached hydrogens (tertiary/aromatic N) is 1. The summed E-state index contributed by atoms with van der Waals surface area (Å²) in [6, 6.07) is 11.6. The first-order valence-electron chi connectivity index (χ1n) is 10.1. The van der Waals surface area contributed by atoms with Crippen LogP contribution in [0.2, 0.25) is 0 Å². The number of anilines is 2. The van der Waals surface area contributed by atoms with Crippen molar-refractivity contribution in [2.45, 2.75) is 18.8 Å². The van der Waals surface area contributed by atoms with E-state index in [4.69, 9.17) is 10.1 Å². The summed E-state index contributed by atoms with van der Waals surface area (Å²) in [4.78, 5) is 38.9. The van der Waals surface area contributed by atoms with Gasteiger partial charge in [-0.1, -0.05) is 6.07 Å². The summed E-state index contributed by atoms with van der Waals surface area (Å²) >= 11 is 0. The van der Waals surface area contributed by atoms with Gasteiger partial charge in [-0.3, -0.25) is 19.8 Å². The molecule has 0 radical (unpaired) electrons. The highest BCUT2D eigenvalue weighted by molar-refractivity contribution is 6.05. The van der Waals surface area contributed by atoms with Crippen LogP contribution in [0.25, 0.3) is 0 Å². The van der Waals surface area contributed by atoms with Crippen molar-refractivity contribution < 1.29 is 24.2 Å². The highest BCUT2D eigenvalue weighted by Crippen LogP contribution is 2.23. The maximum atomic E-state index is 13.0. The molecule has 0 bridgehead atoms. The standard InChI is InChI=1S/C22H23N5O5/c1-24-20(29)12-3-2-4-15(10-12)27-7-8-32-18(22(27)31)17(28)21(30)26-14-5-6-16-13(9-14)11-25-19(16)23/h2-6,9-10,17-18,28H,7-8,11H2,1H3,(H2,23,25)(H,24,29)(H,26,30)/t17-,18-/m1/s1. The molecule has 2 aliphatic rings. The summed E-state index contributed by atoms with van der Waals surface area (Å²) in [6.07, 6.45) is -3.10. The van der Waals surface area contributed by atoms with Gasteiger partial charge in [0, 0.05) is 42.6 Å². The first-order valence-corrected chi connectivity index (χ1v) is 10.1. The Kier molecular flexibility index (Phi) is 5.89. The minimum Gasteiger partial charge on any atom is -0.380 e. The van der Waals surface area contributed by atoms with E-state index >= 15 is 0 Å². The van der Waals surface area contributed by atoms with Crippen LogP contribution in [0, 0.1) is 5.41 Å². The number of ether oxygens (including phenoxy) is 1. The van der Waals surface area contributed by atoms with Gasteiger partial charge in [-0.2, -0.15) is 0 Å². The van der Waals surface area contributed by atoms with Crippen LogP contribution in [-0.2, 0) is 20.9 Å². The molecule has 0 spiro atoms. The molecule has 1 fully saturated rings. The average Bonchev–Trinajstić information content (AvgIpc) is 3.18. The Bertz CT molecular complexity index is 1100. The number of amidine groups is 1. The predicted octanol–water partition coefficient (Wildman–Crippen LogP) is 0.206. The van der Waals surface area contributed by atoms with Gasteiger partial charge >= 0.3 is 0 Å². The van der Waals surface area contributed by atoms with E-state index in [2.05, 4.69) is 16.0 Å². The van der Waals surface area contributed by atoms with Crippen molar-refractivity contribution in [2.75, 3.05) is 30.4 Å². The Morgan fingerprint density at radius 1 is 1.28 bits per heavy atom. The molecule has 0 saturated carbocycles. The summed E-state index contributed by atoms with van der Waals surface area (Å²) in [6.45, 7) is 0.830. The Morgan fingerprint density at radius 2 is 2.09 bits per heavy atom. The minimum absolute atomic E-state index is 0.123.